The summed E-state index contributed by atoms with van der Waals surface area (Å²) in [4.78, 5) is 12.7. The van der Waals surface area contributed by atoms with Crippen LogP contribution in [0.5, 0.6) is 5.75 Å². The maximum Gasteiger partial charge on any atom is 0.340 e. The zero-order valence-corrected chi connectivity index (χ0v) is 19.3. The van der Waals surface area contributed by atoms with Crippen molar-refractivity contribution in [2.75, 3.05) is 19.5 Å². The van der Waals surface area contributed by atoms with Crippen molar-refractivity contribution in [2.45, 2.75) is 12.1 Å². The number of ether oxygens (including phenoxy) is 2. The molecule has 0 aliphatic carbocycles. The molecule has 1 aromatic heterocycles. The molecule has 0 bridgehead atoms. The van der Waals surface area contributed by atoms with Gasteiger partial charge in [0.2, 0.25) is 5.16 Å². The van der Waals surface area contributed by atoms with E-state index in [-0.39, 0.29) is 6.61 Å². The van der Waals surface area contributed by atoms with Crippen LogP contribution in [0.1, 0.15) is 12.5 Å². The molecule has 0 fully saturated rings. The van der Waals surface area contributed by atoms with Gasteiger partial charge in [0.15, 0.2) is 5.82 Å². The smallest absolute Gasteiger partial charge is 0.340 e. The largest absolute Gasteiger partial charge is 0.497 e. The molecular weight excluding hydrogens is 480 g/mol. The molecule has 2 heterocycles. The van der Waals surface area contributed by atoms with Crippen LogP contribution < -0.4 is 4.74 Å². The van der Waals surface area contributed by atoms with Crippen LogP contribution >= 0.6 is 27.7 Å². The third kappa shape index (κ3) is 4.72. The Balaban J connectivity index is 1.75. The number of thioether (sulfide) groups is 1. The van der Waals surface area contributed by atoms with E-state index in [0.29, 0.717) is 28.0 Å². The minimum atomic E-state index is -0.410. The number of benzene rings is 2. The first-order valence-corrected chi connectivity index (χ1v) is 11.3. The molecule has 0 N–H and O–H groups in total. The summed E-state index contributed by atoms with van der Waals surface area (Å²) in [5.74, 6) is 1.42. The fourth-order valence-corrected chi connectivity index (χ4v) is 4.07. The second-order valence-corrected chi connectivity index (χ2v) is 8.37. The first-order chi connectivity index (χ1) is 15.1. The van der Waals surface area contributed by atoms with Crippen LogP contribution in [-0.4, -0.2) is 46.0 Å². The summed E-state index contributed by atoms with van der Waals surface area (Å²) in [5, 5.41) is 13.9. The van der Waals surface area contributed by atoms with Crippen molar-refractivity contribution in [2.24, 2.45) is 5.10 Å². The van der Waals surface area contributed by atoms with Crippen molar-refractivity contribution in [3.63, 3.8) is 0 Å². The highest BCUT2D eigenvalue weighted by atomic mass is 79.9. The highest BCUT2D eigenvalue weighted by Crippen LogP contribution is 2.30. The molecule has 3 aromatic rings. The lowest BCUT2D eigenvalue weighted by Crippen LogP contribution is -2.21. The molecule has 0 unspecified atom stereocenters. The molecular formula is C22H19BrN4O3S. The van der Waals surface area contributed by atoms with Crippen LogP contribution in [0.3, 0.4) is 0 Å². The molecule has 158 valence electrons. The maximum atomic E-state index is 12.7. The lowest BCUT2D eigenvalue weighted by Gasteiger charge is -2.16. The van der Waals surface area contributed by atoms with Gasteiger partial charge >= 0.3 is 5.97 Å². The highest BCUT2D eigenvalue weighted by molar-refractivity contribution is 9.10. The van der Waals surface area contributed by atoms with Gasteiger partial charge in [0.25, 0.3) is 0 Å². The average Bonchev–Trinajstić information content (AvgIpc) is 3.22. The summed E-state index contributed by atoms with van der Waals surface area (Å²) < 4.78 is 13.2. The van der Waals surface area contributed by atoms with Crippen LogP contribution in [0, 0.1) is 0 Å². The number of hydrogen-bond acceptors (Lipinski definition) is 7. The van der Waals surface area contributed by atoms with E-state index in [1.807, 2.05) is 48.5 Å². The van der Waals surface area contributed by atoms with E-state index in [4.69, 9.17) is 14.6 Å². The predicted molar refractivity (Wildman–Crippen MR) is 124 cm³/mol. The SMILES string of the molecule is CCOC(=O)C(=Cc1ccc(Br)cc1)C1=Nn2c(nnc2-c2ccc(OC)cc2)SC1. The molecule has 31 heavy (non-hydrogen) atoms. The number of rotatable bonds is 6. The Morgan fingerprint density at radius 1 is 1.16 bits per heavy atom. The van der Waals surface area contributed by atoms with Gasteiger partial charge in [-0.05, 0) is 55.0 Å². The number of nitrogens with zero attached hydrogens (tertiary/aromatic N) is 4. The van der Waals surface area contributed by atoms with Crippen molar-refractivity contribution in [3.05, 3.63) is 64.1 Å². The zero-order valence-electron chi connectivity index (χ0n) is 16.9. The van der Waals surface area contributed by atoms with Gasteiger partial charge in [-0.25, -0.2) is 4.79 Å². The average molecular weight is 499 g/mol. The first-order valence-electron chi connectivity index (χ1n) is 9.54. The Bertz CT molecular complexity index is 1150. The van der Waals surface area contributed by atoms with Crippen molar-refractivity contribution < 1.29 is 14.3 Å². The van der Waals surface area contributed by atoms with Crippen LogP contribution in [0.25, 0.3) is 17.5 Å². The van der Waals surface area contributed by atoms with Crippen LogP contribution in [0.4, 0.5) is 0 Å². The molecule has 4 rings (SSSR count). The van der Waals surface area contributed by atoms with E-state index in [1.54, 1.807) is 24.8 Å². The minimum Gasteiger partial charge on any atom is -0.497 e. The third-order valence-corrected chi connectivity index (χ3v) is 5.97. The first kappa shape index (κ1) is 21.3. The predicted octanol–water partition coefficient (Wildman–Crippen LogP) is 4.67. The number of carbonyl (C=O) groups excluding carboxylic acids is 1. The van der Waals surface area contributed by atoms with Gasteiger partial charge < -0.3 is 9.47 Å². The fraction of sp³-hybridized carbons (Fsp3) is 0.182. The molecule has 2 aromatic carbocycles. The van der Waals surface area contributed by atoms with Crippen LogP contribution in [0.2, 0.25) is 0 Å². The number of fused-ring (bicyclic) bond motifs is 1. The molecule has 0 spiro atoms. The summed E-state index contributed by atoms with van der Waals surface area (Å²) in [6.45, 7) is 2.07. The van der Waals surface area contributed by atoms with Crippen LogP contribution in [0.15, 0.2) is 68.8 Å². The van der Waals surface area contributed by atoms with E-state index in [0.717, 1.165) is 21.3 Å². The van der Waals surface area contributed by atoms with Crippen molar-refractivity contribution in [3.8, 4) is 17.1 Å². The molecule has 7 nitrogen and oxygen atoms in total. The fourth-order valence-electron chi connectivity index (χ4n) is 2.97. The Kier molecular flexibility index (Phi) is 6.53. The Labute approximate surface area is 192 Å². The summed E-state index contributed by atoms with van der Waals surface area (Å²) >= 11 is 4.90. The van der Waals surface area contributed by atoms with Crippen molar-refractivity contribution >= 4 is 45.4 Å². The number of hydrogen-bond donors (Lipinski definition) is 0. The van der Waals surface area contributed by atoms with Crippen molar-refractivity contribution in [1.82, 2.24) is 14.9 Å². The monoisotopic (exact) mass is 498 g/mol. The second-order valence-electron chi connectivity index (χ2n) is 6.51. The molecule has 0 atom stereocenters. The molecule has 0 radical (unpaired) electrons. The van der Waals surface area contributed by atoms with Gasteiger partial charge in [-0.1, -0.05) is 39.8 Å². The Hall–Kier alpha value is -2.91. The quantitative estimate of drug-likeness (QED) is 0.362. The second kappa shape index (κ2) is 9.49. The number of halogens is 1. The van der Waals surface area contributed by atoms with E-state index >= 15 is 0 Å². The van der Waals surface area contributed by atoms with Gasteiger partial charge in [-0.15, -0.1) is 10.2 Å². The molecule has 0 saturated heterocycles. The lowest BCUT2D eigenvalue weighted by molar-refractivity contribution is -0.137. The van der Waals surface area contributed by atoms with E-state index in [2.05, 4.69) is 26.1 Å². The number of methoxy groups -OCH3 is 1. The van der Waals surface area contributed by atoms with E-state index in [1.165, 1.54) is 11.8 Å². The summed E-state index contributed by atoms with van der Waals surface area (Å²) in [6.07, 6.45) is 1.80. The summed E-state index contributed by atoms with van der Waals surface area (Å²) in [7, 11) is 1.62. The summed E-state index contributed by atoms with van der Waals surface area (Å²) in [5.41, 5.74) is 2.74. The Morgan fingerprint density at radius 3 is 2.58 bits per heavy atom. The molecule has 1 aliphatic heterocycles. The number of esters is 1. The van der Waals surface area contributed by atoms with E-state index < -0.39 is 5.97 Å². The molecule has 0 amide bonds. The zero-order chi connectivity index (χ0) is 21.8. The number of carbonyl (C=O) groups is 1. The molecule has 0 saturated carbocycles. The normalized spacial score (nSPS) is 13.4. The maximum absolute atomic E-state index is 12.7. The van der Waals surface area contributed by atoms with Gasteiger partial charge in [-0.2, -0.15) is 9.78 Å². The number of aromatic nitrogens is 3. The topological polar surface area (TPSA) is 78.6 Å². The summed E-state index contributed by atoms with van der Waals surface area (Å²) in [6, 6.07) is 15.2. The van der Waals surface area contributed by atoms with E-state index in [9.17, 15) is 4.79 Å². The van der Waals surface area contributed by atoms with Gasteiger partial charge in [-0.3, -0.25) is 0 Å². The molecule has 9 heteroatoms. The van der Waals surface area contributed by atoms with Gasteiger partial charge in [0.05, 0.1) is 25.0 Å². The lowest BCUT2D eigenvalue weighted by atomic mass is 10.1. The standard InChI is InChI=1S/C22H19BrN4O3S/c1-3-30-21(28)18(12-14-4-8-16(23)9-5-14)19-13-31-22-25-24-20(27(22)26-19)15-6-10-17(29-2)11-7-15/h4-12H,3,13H2,1-2H3. The Morgan fingerprint density at radius 2 is 1.90 bits per heavy atom. The van der Waals surface area contributed by atoms with Crippen LogP contribution in [-0.2, 0) is 9.53 Å². The third-order valence-electron chi connectivity index (χ3n) is 4.51. The van der Waals surface area contributed by atoms with Gasteiger partial charge in [0.1, 0.15) is 5.75 Å². The minimum absolute atomic E-state index is 0.284. The van der Waals surface area contributed by atoms with Crippen molar-refractivity contribution in [1.29, 1.82) is 0 Å². The molecule has 1 aliphatic rings. The van der Waals surface area contributed by atoms with Gasteiger partial charge in [0, 0.05) is 15.8 Å². The highest BCUT2D eigenvalue weighted by Gasteiger charge is 2.25.